The Hall–Kier alpha value is -4.41. The number of hydrogen-bond donors (Lipinski definition) is 1. The highest BCUT2D eigenvalue weighted by Crippen LogP contribution is 2.50. The fourth-order valence-electron chi connectivity index (χ4n) is 5.08. The molecule has 38 heavy (non-hydrogen) atoms. The number of amides is 1. The highest BCUT2D eigenvalue weighted by molar-refractivity contribution is 6.03. The molecule has 0 saturated carbocycles. The first-order chi connectivity index (χ1) is 17.9. The maximum atomic E-state index is 14.0. The summed E-state index contributed by atoms with van der Waals surface area (Å²) in [6.07, 6.45) is -3.37. The summed E-state index contributed by atoms with van der Waals surface area (Å²) in [6, 6.07) is 13.0. The average Bonchev–Trinajstić information content (AvgIpc) is 3.27. The third-order valence-electron chi connectivity index (χ3n) is 6.64. The number of nitrogens with zero attached hydrogens (tertiary/aromatic N) is 2. The van der Waals surface area contributed by atoms with E-state index in [1.165, 1.54) is 48.5 Å². The second-order valence-corrected chi connectivity index (χ2v) is 9.97. The van der Waals surface area contributed by atoms with Crippen molar-refractivity contribution in [1.82, 2.24) is 0 Å². The first-order valence-corrected chi connectivity index (χ1v) is 11.7. The van der Waals surface area contributed by atoms with Gasteiger partial charge in [0.05, 0.1) is 22.2 Å². The number of nitrogens with one attached hydrogen (secondary N) is 1. The summed E-state index contributed by atoms with van der Waals surface area (Å²) in [5.41, 5.74) is 0.319. The van der Waals surface area contributed by atoms with Crippen LogP contribution in [0.5, 0.6) is 0 Å². The van der Waals surface area contributed by atoms with Crippen molar-refractivity contribution < 1.29 is 32.1 Å². The first-order valence-electron chi connectivity index (χ1n) is 11.7. The number of non-ortho nitro benzene ring substituents is 1. The molecule has 1 aliphatic carbocycles. The Balaban J connectivity index is 1.70. The maximum Gasteiger partial charge on any atom is 0.471 e. The minimum Gasteiger partial charge on any atom is -0.459 e. The number of carbonyl (C=O) groups is 2. The molecule has 1 aliphatic heterocycles. The van der Waals surface area contributed by atoms with Gasteiger partial charge in [0.1, 0.15) is 23.3 Å². The van der Waals surface area contributed by atoms with E-state index in [9.17, 15) is 32.9 Å². The molecular formula is C27H22F3N3O5. The van der Waals surface area contributed by atoms with Crippen molar-refractivity contribution in [2.75, 3.05) is 10.2 Å². The first kappa shape index (κ1) is 25.2. The second-order valence-electron chi connectivity index (χ2n) is 9.97. The minimum atomic E-state index is -5.23. The zero-order chi connectivity index (χ0) is 27.4. The molecule has 2 heterocycles. The van der Waals surface area contributed by atoms with E-state index >= 15 is 0 Å². The van der Waals surface area contributed by atoms with Gasteiger partial charge < -0.3 is 9.73 Å². The normalized spacial score (nSPS) is 20.5. The van der Waals surface area contributed by atoms with E-state index in [0.29, 0.717) is 16.2 Å². The number of nitro benzene ring substituents is 1. The van der Waals surface area contributed by atoms with Crippen LogP contribution in [-0.2, 0) is 9.59 Å². The number of furan rings is 1. The Morgan fingerprint density at radius 3 is 2.45 bits per heavy atom. The number of rotatable bonds is 3. The van der Waals surface area contributed by atoms with Crippen LogP contribution in [-0.4, -0.2) is 22.8 Å². The van der Waals surface area contributed by atoms with Gasteiger partial charge in [-0.2, -0.15) is 13.2 Å². The number of halogens is 3. The molecule has 3 aromatic rings. The van der Waals surface area contributed by atoms with Crippen LogP contribution in [0.1, 0.15) is 32.1 Å². The summed E-state index contributed by atoms with van der Waals surface area (Å²) >= 11 is 0. The molecular weight excluding hydrogens is 503 g/mol. The van der Waals surface area contributed by atoms with Gasteiger partial charge in [0.15, 0.2) is 0 Å². The quantitative estimate of drug-likeness (QED) is 0.313. The van der Waals surface area contributed by atoms with E-state index in [1.54, 1.807) is 12.1 Å². The molecule has 8 nitrogen and oxygen atoms in total. The van der Waals surface area contributed by atoms with Crippen LogP contribution in [0.2, 0.25) is 0 Å². The van der Waals surface area contributed by atoms with Gasteiger partial charge in [-0.15, -0.1) is 0 Å². The van der Waals surface area contributed by atoms with Crippen molar-refractivity contribution in [3.05, 3.63) is 88.3 Å². The van der Waals surface area contributed by atoms with Crippen molar-refractivity contribution in [3.8, 4) is 11.3 Å². The molecule has 2 aromatic carbocycles. The van der Waals surface area contributed by atoms with E-state index in [4.69, 9.17) is 4.42 Å². The lowest BCUT2D eigenvalue weighted by atomic mass is 9.73. The van der Waals surface area contributed by atoms with Crippen LogP contribution in [0.15, 0.2) is 76.9 Å². The molecule has 0 fully saturated rings. The van der Waals surface area contributed by atoms with Gasteiger partial charge in [0.2, 0.25) is 0 Å². The van der Waals surface area contributed by atoms with E-state index in [2.05, 4.69) is 5.32 Å². The Kier molecular flexibility index (Phi) is 5.89. The zero-order valence-electron chi connectivity index (χ0n) is 20.3. The molecule has 1 N–H and O–H groups in total. The number of alkyl halides is 3. The molecule has 0 radical (unpaired) electrons. The average molecular weight is 525 g/mol. The van der Waals surface area contributed by atoms with Crippen LogP contribution < -0.4 is 10.2 Å². The molecule has 5 rings (SSSR count). The lowest BCUT2D eigenvalue weighted by Gasteiger charge is -2.38. The Morgan fingerprint density at radius 1 is 1.11 bits per heavy atom. The van der Waals surface area contributed by atoms with Crippen molar-refractivity contribution >= 4 is 28.8 Å². The van der Waals surface area contributed by atoms with Crippen LogP contribution in [0, 0.1) is 21.4 Å². The zero-order valence-corrected chi connectivity index (χ0v) is 20.3. The molecule has 1 amide bonds. The predicted octanol–water partition coefficient (Wildman–Crippen LogP) is 6.42. The predicted molar refractivity (Wildman–Crippen MR) is 132 cm³/mol. The van der Waals surface area contributed by atoms with E-state index < -0.39 is 34.4 Å². The summed E-state index contributed by atoms with van der Waals surface area (Å²) in [7, 11) is 0. The number of anilines is 2. The minimum absolute atomic E-state index is 0.0292. The summed E-state index contributed by atoms with van der Waals surface area (Å²) in [5, 5.41) is 14.1. The number of ketones is 1. The molecule has 2 unspecified atom stereocenters. The molecule has 11 heteroatoms. The van der Waals surface area contributed by atoms with Crippen LogP contribution in [0.3, 0.4) is 0 Å². The van der Waals surface area contributed by atoms with Gasteiger partial charge >= 0.3 is 12.1 Å². The standard InChI is InChI=1S/C27H22F3N3O5/c1-26(2)13-18-23(20(34)14-26)24(22-12-11-21(38-22)15-7-9-16(10-8-15)33(36)37)32(25(35)27(28,29)30)19-6-4-3-5-17(19)31-18/h3-13,23-24,31H,14H2,1-2H3. The molecule has 2 aliphatic rings. The van der Waals surface area contributed by atoms with Gasteiger partial charge in [-0.25, -0.2) is 0 Å². The maximum absolute atomic E-state index is 14.0. The lowest BCUT2D eigenvalue weighted by molar-refractivity contribution is -0.384. The van der Waals surface area contributed by atoms with E-state index in [-0.39, 0.29) is 40.8 Å². The van der Waals surface area contributed by atoms with Crippen molar-refractivity contribution in [2.45, 2.75) is 32.5 Å². The van der Waals surface area contributed by atoms with Crippen LogP contribution in [0.4, 0.5) is 30.2 Å². The van der Waals surface area contributed by atoms with Gasteiger partial charge in [-0.05, 0) is 41.8 Å². The fourth-order valence-corrected chi connectivity index (χ4v) is 5.08. The van der Waals surface area contributed by atoms with Crippen molar-refractivity contribution in [1.29, 1.82) is 0 Å². The smallest absolute Gasteiger partial charge is 0.459 e. The fraction of sp³-hybridized carbons (Fsp3) is 0.259. The molecule has 0 spiro atoms. The number of hydrogen-bond acceptors (Lipinski definition) is 6. The van der Waals surface area contributed by atoms with E-state index in [1.807, 2.05) is 19.9 Å². The topological polar surface area (TPSA) is 106 Å². The molecule has 0 bridgehead atoms. The lowest BCUT2D eigenvalue weighted by Crippen LogP contribution is -2.48. The number of para-hydroxylation sites is 2. The van der Waals surface area contributed by atoms with Crippen molar-refractivity contribution in [2.24, 2.45) is 11.3 Å². The Bertz CT molecular complexity index is 1470. The van der Waals surface area contributed by atoms with Gasteiger partial charge in [-0.1, -0.05) is 32.1 Å². The van der Waals surface area contributed by atoms with Crippen LogP contribution in [0.25, 0.3) is 11.3 Å². The van der Waals surface area contributed by atoms with Gasteiger partial charge in [0, 0.05) is 29.8 Å². The monoisotopic (exact) mass is 525 g/mol. The number of nitro groups is 1. The van der Waals surface area contributed by atoms with E-state index in [0.717, 1.165) is 0 Å². The second kappa shape index (κ2) is 8.86. The highest BCUT2D eigenvalue weighted by Gasteiger charge is 2.53. The number of Topliss-reactive ketones (excluding diaryl/α,β-unsaturated/α-hetero) is 1. The summed E-state index contributed by atoms with van der Waals surface area (Å²) in [6.45, 7) is 3.69. The SMILES string of the molecule is CC1(C)C=C2Nc3ccccc3N(C(=O)C(F)(F)F)C(c3ccc(-c4ccc([N+](=O)[O-])cc4)o3)C2C(=O)C1. The molecule has 1 aromatic heterocycles. The van der Waals surface area contributed by atoms with Crippen LogP contribution >= 0.6 is 0 Å². The molecule has 0 saturated heterocycles. The third kappa shape index (κ3) is 4.44. The van der Waals surface area contributed by atoms with Gasteiger partial charge in [0.25, 0.3) is 5.69 Å². The summed E-state index contributed by atoms with van der Waals surface area (Å²) in [4.78, 5) is 37.5. The highest BCUT2D eigenvalue weighted by atomic mass is 19.4. The Labute approximate surface area is 214 Å². The summed E-state index contributed by atoms with van der Waals surface area (Å²) in [5.74, 6) is -3.44. The largest absolute Gasteiger partial charge is 0.471 e. The number of fused-ring (bicyclic) bond motifs is 2. The molecule has 196 valence electrons. The van der Waals surface area contributed by atoms with Crippen molar-refractivity contribution in [3.63, 3.8) is 0 Å². The Morgan fingerprint density at radius 2 is 1.79 bits per heavy atom. The van der Waals surface area contributed by atoms with Gasteiger partial charge in [-0.3, -0.25) is 24.6 Å². The number of allylic oxidation sites excluding steroid dienone is 1. The summed E-state index contributed by atoms with van der Waals surface area (Å²) < 4.78 is 47.9. The molecule has 2 atom stereocenters. The number of carbonyl (C=O) groups excluding carboxylic acids is 2. The third-order valence-corrected chi connectivity index (χ3v) is 6.64. The number of benzene rings is 2.